The minimum atomic E-state index is -0.272. The number of rotatable bonds is 3. The number of nitrogens with one attached hydrogen (secondary N) is 1. The van der Waals surface area contributed by atoms with Crippen LogP contribution in [-0.2, 0) is 0 Å². The number of benzene rings is 2. The highest BCUT2D eigenvalue weighted by Crippen LogP contribution is 2.40. The predicted molar refractivity (Wildman–Crippen MR) is 88.4 cm³/mol. The minimum Gasteiger partial charge on any atom is -0.381 e. The Hall–Kier alpha value is -2.14. The van der Waals surface area contributed by atoms with E-state index in [1.807, 2.05) is 18.2 Å². The average molecular weight is 357 g/mol. The second-order valence-electron chi connectivity index (χ2n) is 5.55. The quantitative estimate of drug-likeness (QED) is 0.850. The molecule has 4 nitrogen and oxygen atoms in total. The maximum absolute atomic E-state index is 12.7. The summed E-state index contributed by atoms with van der Waals surface area (Å²) in [5, 5.41) is 3.39. The third kappa shape index (κ3) is 2.04. The molecule has 22 heavy (non-hydrogen) atoms. The number of imide groups is 1. The fourth-order valence-corrected chi connectivity index (χ4v) is 3.24. The monoisotopic (exact) mass is 356 g/mol. The molecule has 0 radical (unpaired) electrons. The standard InChI is InChI=1S/C17H13BrN2O2/c18-13-6-3-7-14(19-10-8-9-10)15(13)20-16(21)11-4-1-2-5-12(11)17(20)22/h1-7,10,19H,8-9H2. The highest BCUT2D eigenvalue weighted by molar-refractivity contribution is 9.10. The Labute approximate surface area is 136 Å². The van der Waals surface area contributed by atoms with E-state index in [4.69, 9.17) is 0 Å². The molecule has 2 aromatic rings. The van der Waals surface area contributed by atoms with Crippen LogP contribution < -0.4 is 10.2 Å². The van der Waals surface area contributed by atoms with Gasteiger partial charge in [-0.3, -0.25) is 9.59 Å². The number of amides is 2. The van der Waals surface area contributed by atoms with E-state index in [1.54, 1.807) is 24.3 Å². The van der Waals surface area contributed by atoms with Crippen molar-refractivity contribution in [1.82, 2.24) is 0 Å². The predicted octanol–water partition coefficient (Wildman–Crippen LogP) is 3.82. The van der Waals surface area contributed by atoms with E-state index < -0.39 is 0 Å². The van der Waals surface area contributed by atoms with E-state index in [1.165, 1.54) is 4.90 Å². The second kappa shape index (κ2) is 4.95. The van der Waals surface area contributed by atoms with Gasteiger partial charge >= 0.3 is 0 Å². The molecule has 2 aromatic carbocycles. The molecule has 1 saturated carbocycles. The van der Waals surface area contributed by atoms with Crippen LogP contribution in [0.4, 0.5) is 11.4 Å². The first kappa shape index (κ1) is 13.5. The zero-order valence-electron chi connectivity index (χ0n) is 11.7. The van der Waals surface area contributed by atoms with Gasteiger partial charge in [-0.25, -0.2) is 4.90 Å². The highest BCUT2D eigenvalue weighted by atomic mass is 79.9. The Balaban J connectivity index is 1.83. The van der Waals surface area contributed by atoms with Crippen molar-refractivity contribution >= 4 is 39.1 Å². The van der Waals surface area contributed by atoms with Gasteiger partial charge in [-0.1, -0.05) is 18.2 Å². The first-order valence-electron chi connectivity index (χ1n) is 7.19. The maximum Gasteiger partial charge on any atom is 0.266 e. The third-order valence-corrected chi connectivity index (χ3v) is 4.58. The SMILES string of the molecule is O=C1c2ccccc2C(=O)N1c1c(Br)cccc1NC1CC1. The number of hydrogen-bond donors (Lipinski definition) is 1. The Morgan fingerprint density at radius 1 is 0.955 bits per heavy atom. The van der Waals surface area contributed by atoms with E-state index >= 15 is 0 Å². The van der Waals surface area contributed by atoms with Crippen LogP contribution in [-0.4, -0.2) is 17.9 Å². The molecule has 2 amide bonds. The minimum absolute atomic E-state index is 0.272. The first-order valence-corrected chi connectivity index (χ1v) is 7.99. The molecule has 4 rings (SSSR count). The van der Waals surface area contributed by atoms with Crippen molar-refractivity contribution in [2.75, 3.05) is 10.2 Å². The van der Waals surface area contributed by atoms with Crippen LogP contribution in [0.3, 0.4) is 0 Å². The molecule has 1 aliphatic heterocycles. The highest BCUT2D eigenvalue weighted by Gasteiger charge is 2.38. The molecule has 0 atom stereocenters. The van der Waals surface area contributed by atoms with Crippen LogP contribution in [0.1, 0.15) is 33.6 Å². The zero-order valence-corrected chi connectivity index (χ0v) is 13.3. The van der Waals surface area contributed by atoms with Gasteiger partial charge in [0.2, 0.25) is 0 Å². The Morgan fingerprint density at radius 3 is 2.18 bits per heavy atom. The second-order valence-corrected chi connectivity index (χ2v) is 6.40. The summed E-state index contributed by atoms with van der Waals surface area (Å²) in [6, 6.07) is 13.0. The topological polar surface area (TPSA) is 49.4 Å². The molecule has 0 aromatic heterocycles. The lowest BCUT2D eigenvalue weighted by atomic mass is 10.1. The largest absolute Gasteiger partial charge is 0.381 e. The molecule has 0 spiro atoms. The molecule has 110 valence electrons. The van der Waals surface area contributed by atoms with E-state index in [0.717, 1.165) is 23.0 Å². The summed E-state index contributed by atoms with van der Waals surface area (Å²) in [6.45, 7) is 0. The van der Waals surface area contributed by atoms with Gasteiger partial charge < -0.3 is 5.32 Å². The normalized spacial score (nSPS) is 16.9. The number of halogens is 1. The van der Waals surface area contributed by atoms with Gasteiger partial charge in [-0.15, -0.1) is 0 Å². The summed E-state index contributed by atoms with van der Waals surface area (Å²) in [5.74, 6) is -0.544. The fraction of sp³-hybridized carbons (Fsp3) is 0.176. The van der Waals surface area contributed by atoms with Crippen molar-refractivity contribution in [3.8, 4) is 0 Å². The van der Waals surface area contributed by atoms with Crippen molar-refractivity contribution in [3.63, 3.8) is 0 Å². The van der Waals surface area contributed by atoms with Gasteiger partial charge in [-0.05, 0) is 53.0 Å². The number of nitrogens with zero attached hydrogens (tertiary/aromatic N) is 1. The molecule has 0 unspecified atom stereocenters. The summed E-state index contributed by atoms with van der Waals surface area (Å²) < 4.78 is 0.729. The summed E-state index contributed by atoms with van der Waals surface area (Å²) >= 11 is 3.48. The fourth-order valence-electron chi connectivity index (χ4n) is 2.70. The number of carbonyl (C=O) groups is 2. The summed E-state index contributed by atoms with van der Waals surface area (Å²) in [6.07, 6.45) is 2.24. The zero-order chi connectivity index (χ0) is 15.3. The lowest BCUT2D eigenvalue weighted by Crippen LogP contribution is -2.30. The number of para-hydroxylation sites is 1. The molecule has 1 heterocycles. The molecular weight excluding hydrogens is 344 g/mol. The van der Waals surface area contributed by atoms with Crippen LogP contribution in [0.2, 0.25) is 0 Å². The number of fused-ring (bicyclic) bond motifs is 1. The maximum atomic E-state index is 12.7. The molecule has 1 aliphatic carbocycles. The lowest BCUT2D eigenvalue weighted by Gasteiger charge is -2.20. The summed E-state index contributed by atoms with van der Waals surface area (Å²) in [5.41, 5.74) is 2.33. The molecule has 1 fully saturated rings. The molecule has 5 heteroatoms. The molecule has 1 N–H and O–H groups in total. The van der Waals surface area contributed by atoms with Crippen molar-refractivity contribution in [2.45, 2.75) is 18.9 Å². The molecule has 0 saturated heterocycles. The van der Waals surface area contributed by atoms with Crippen LogP contribution in [0.25, 0.3) is 0 Å². The molecular formula is C17H13BrN2O2. The third-order valence-electron chi connectivity index (χ3n) is 3.94. The Bertz CT molecular complexity index is 764. The van der Waals surface area contributed by atoms with Gasteiger partial charge in [0.15, 0.2) is 0 Å². The van der Waals surface area contributed by atoms with Crippen molar-refractivity contribution in [2.24, 2.45) is 0 Å². The van der Waals surface area contributed by atoms with E-state index in [9.17, 15) is 9.59 Å². The Kier molecular flexibility index (Phi) is 3.04. The van der Waals surface area contributed by atoms with E-state index in [0.29, 0.717) is 22.9 Å². The van der Waals surface area contributed by atoms with E-state index in [2.05, 4.69) is 21.2 Å². The van der Waals surface area contributed by atoms with Crippen LogP contribution >= 0.6 is 15.9 Å². The lowest BCUT2D eigenvalue weighted by molar-refractivity contribution is 0.0926. The van der Waals surface area contributed by atoms with Crippen molar-refractivity contribution < 1.29 is 9.59 Å². The number of anilines is 2. The van der Waals surface area contributed by atoms with Gasteiger partial charge in [-0.2, -0.15) is 0 Å². The van der Waals surface area contributed by atoms with Crippen LogP contribution in [0, 0.1) is 0 Å². The van der Waals surface area contributed by atoms with Crippen molar-refractivity contribution in [1.29, 1.82) is 0 Å². The Morgan fingerprint density at radius 2 is 1.59 bits per heavy atom. The average Bonchev–Trinajstić information content (AvgIpc) is 3.30. The van der Waals surface area contributed by atoms with Crippen molar-refractivity contribution in [3.05, 3.63) is 58.1 Å². The smallest absolute Gasteiger partial charge is 0.266 e. The van der Waals surface area contributed by atoms with Crippen LogP contribution in [0.15, 0.2) is 46.9 Å². The molecule has 2 aliphatic rings. The first-order chi connectivity index (χ1) is 10.7. The van der Waals surface area contributed by atoms with Gasteiger partial charge in [0, 0.05) is 10.5 Å². The number of hydrogen-bond acceptors (Lipinski definition) is 3. The van der Waals surface area contributed by atoms with Gasteiger partial charge in [0.1, 0.15) is 0 Å². The van der Waals surface area contributed by atoms with Crippen LogP contribution in [0.5, 0.6) is 0 Å². The molecule has 0 bridgehead atoms. The van der Waals surface area contributed by atoms with E-state index in [-0.39, 0.29) is 11.8 Å². The van der Waals surface area contributed by atoms with Gasteiger partial charge in [0.05, 0.1) is 22.5 Å². The number of carbonyl (C=O) groups excluding carboxylic acids is 2. The summed E-state index contributed by atoms with van der Waals surface area (Å²) in [4.78, 5) is 26.6. The summed E-state index contributed by atoms with van der Waals surface area (Å²) in [7, 11) is 0. The van der Waals surface area contributed by atoms with Gasteiger partial charge in [0.25, 0.3) is 11.8 Å².